The van der Waals surface area contributed by atoms with Gasteiger partial charge in [0.1, 0.15) is 48.8 Å². The number of aliphatic hydroxyl groups excluding tert-OH is 9. The topological polar surface area (TPSA) is 228 Å². The van der Waals surface area contributed by atoms with Gasteiger partial charge in [-0.3, -0.25) is 0 Å². The average molecular weight is 508 g/mol. The molecule has 0 aromatic heterocycles. The summed E-state index contributed by atoms with van der Waals surface area (Å²) in [4.78, 5) is 0. The minimum atomic E-state index is -1.71. The molecule has 4 aliphatic rings. The van der Waals surface area contributed by atoms with Crippen molar-refractivity contribution in [1.82, 2.24) is 0 Å². The Morgan fingerprint density at radius 1 is 0.771 bits per heavy atom. The third-order valence-corrected chi connectivity index (χ3v) is 6.85. The molecule has 2 saturated heterocycles. The lowest BCUT2D eigenvalue weighted by atomic mass is 9.88. The standard InChI is InChI=1S/C21H32O14/c22-4-7-3-9(32-6-11-14(25)15(26)17(28)19(30)33-11)8-1-2-31-20(12(7)8)35-21-18(29)16(27)13(24)10(5-23)34-21/h1-3,8-30H,4-6H2. The molecule has 0 amide bonds. The molecule has 14 nitrogen and oxygen atoms in total. The van der Waals surface area contributed by atoms with Crippen LogP contribution in [-0.2, 0) is 23.7 Å². The van der Waals surface area contributed by atoms with Crippen molar-refractivity contribution in [2.24, 2.45) is 11.8 Å². The normalized spacial score (nSPS) is 49.9. The lowest BCUT2D eigenvalue weighted by Crippen LogP contribution is -2.60. The number of aliphatic hydroxyl groups is 9. The first-order valence-corrected chi connectivity index (χ1v) is 11.3. The predicted octanol–water partition coefficient (Wildman–Crippen LogP) is -4.98. The van der Waals surface area contributed by atoms with E-state index in [9.17, 15) is 46.0 Å². The fourth-order valence-electron chi connectivity index (χ4n) is 4.79. The second-order valence-corrected chi connectivity index (χ2v) is 9.00. The van der Waals surface area contributed by atoms with Crippen molar-refractivity contribution < 1.29 is 69.6 Å². The van der Waals surface area contributed by atoms with Crippen molar-refractivity contribution in [2.45, 2.75) is 73.8 Å². The maximum Gasteiger partial charge on any atom is 0.209 e. The van der Waals surface area contributed by atoms with E-state index in [-0.39, 0.29) is 13.2 Å². The van der Waals surface area contributed by atoms with E-state index >= 15 is 0 Å². The van der Waals surface area contributed by atoms with Crippen LogP contribution in [0, 0.1) is 11.8 Å². The summed E-state index contributed by atoms with van der Waals surface area (Å²) in [6.45, 7) is -1.29. The first-order chi connectivity index (χ1) is 16.7. The van der Waals surface area contributed by atoms with Crippen LogP contribution >= 0.6 is 0 Å². The van der Waals surface area contributed by atoms with Crippen LogP contribution in [0.4, 0.5) is 0 Å². The third-order valence-electron chi connectivity index (χ3n) is 6.85. The van der Waals surface area contributed by atoms with Crippen LogP contribution in [0.25, 0.3) is 0 Å². The summed E-state index contributed by atoms with van der Waals surface area (Å²) in [5.41, 5.74) is 0.472. The van der Waals surface area contributed by atoms with Crippen LogP contribution in [0.1, 0.15) is 0 Å². The van der Waals surface area contributed by atoms with E-state index in [2.05, 4.69) is 0 Å². The molecule has 0 spiro atoms. The van der Waals surface area contributed by atoms with Crippen molar-refractivity contribution in [3.8, 4) is 0 Å². The van der Waals surface area contributed by atoms with E-state index in [1.165, 1.54) is 6.26 Å². The van der Waals surface area contributed by atoms with Crippen molar-refractivity contribution in [1.29, 1.82) is 0 Å². The molecule has 14 heteroatoms. The molecule has 35 heavy (non-hydrogen) atoms. The lowest BCUT2D eigenvalue weighted by Gasteiger charge is -2.42. The zero-order chi connectivity index (χ0) is 25.4. The highest BCUT2D eigenvalue weighted by Crippen LogP contribution is 2.42. The Morgan fingerprint density at radius 3 is 2.14 bits per heavy atom. The van der Waals surface area contributed by atoms with Crippen LogP contribution in [0.15, 0.2) is 24.0 Å². The molecule has 2 fully saturated rings. The molecule has 4 rings (SSSR count). The van der Waals surface area contributed by atoms with Gasteiger partial charge >= 0.3 is 0 Å². The Morgan fingerprint density at radius 2 is 1.46 bits per heavy atom. The van der Waals surface area contributed by atoms with Crippen molar-refractivity contribution in [2.75, 3.05) is 19.8 Å². The number of ether oxygens (including phenoxy) is 5. The SMILES string of the molecule is OCC1=CC(OCC2OC(O)C(O)C(O)C2O)C2C=COC(OC3OC(CO)C(O)C(O)C3O)C12. The van der Waals surface area contributed by atoms with E-state index in [0.717, 1.165) is 0 Å². The van der Waals surface area contributed by atoms with Crippen LogP contribution in [0.5, 0.6) is 0 Å². The number of rotatable bonds is 7. The monoisotopic (exact) mass is 508 g/mol. The van der Waals surface area contributed by atoms with Gasteiger partial charge in [-0.2, -0.15) is 0 Å². The Labute approximate surface area is 199 Å². The van der Waals surface area contributed by atoms with Gasteiger partial charge in [-0.1, -0.05) is 6.08 Å². The van der Waals surface area contributed by atoms with E-state index < -0.39 is 92.2 Å². The molecule has 14 atom stereocenters. The minimum Gasteiger partial charge on any atom is -0.472 e. The molecule has 0 saturated carbocycles. The molecule has 3 aliphatic heterocycles. The predicted molar refractivity (Wildman–Crippen MR) is 110 cm³/mol. The van der Waals surface area contributed by atoms with Crippen LogP contribution in [0.2, 0.25) is 0 Å². The maximum atomic E-state index is 10.3. The quantitative estimate of drug-likeness (QED) is 0.147. The highest BCUT2D eigenvalue weighted by molar-refractivity contribution is 5.26. The number of hydrogen-bond acceptors (Lipinski definition) is 14. The van der Waals surface area contributed by atoms with E-state index in [1.807, 2.05) is 0 Å². The van der Waals surface area contributed by atoms with E-state index in [4.69, 9.17) is 23.7 Å². The van der Waals surface area contributed by atoms with Crippen molar-refractivity contribution >= 4 is 0 Å². The van der Waals surface area contributed by atoms with Gasteiger partial charge in [0.25, 0.3) is 0 Å². The smallest absolute Gasteiger partial charge is 0.209 e. The van der Waals surface area contributed by atoms with Crippen molar-refractivity contribution in [3.05, 3.63) is 24.0 Å². The first kappa shape index (κ1) is 26.8. The Hall–Kier alpha value is -1.24. The van der Waals surface area contributed by atoms with Gasteiger partial charge in [-0.15, -0.1) is 0 Å². The highest BCUT2D eigenvalue weighted by Gasteiger charge is 2.50. The van der Waals surface area contributed by atoms with Gasteiger partial charge in [-0.25, -0.2) is 0 Å². The summed E-state index contributed by atoms with van der Waals surface area (Å²) >= 11 is 0. The largest absolute Gasteiger partial charge is 0.472 e. The van der Waals surface area contributed by atoms with E-state index in [0.29, 0.717) is 5.57 Å². The molecule has 14 unspecified atom stereocenters. The van der Waals surface area contributed by atoms with Gasteiger partial charge < -0.3 is 69.6 Å². The van der Waals surface area contributed by atoms with Gasteiger partial charge in [0.15, 0.2) is 12.6 Å². The molecule has 9 N–H and O–H groups in total. The zero-order valence-electron chi connectivity index (χ0n) is 18.5. The summed E-state index contributed by atoms with van der Waals surface area (Å²) in [7, 11) is 0. The third kappa shape index (κ3) is 5.13. The van der Waals surface area contributed by atoms with Gasteiger partial charge in [-0.05, 0) is 11.6 Å². The maximum absolute atomic E-state index is 10.3. The molecule has 200 valence electrons. The Bertz CT molecular complexity index is 775. The zero-order valence-corrected chi connectivity index (χ0v) is 18.5. The molecular weight excluding hydrogens is 476 g/mol. The van der Waals surface area contributed by atoms with Crippen LogP contribution < -0.4 is 0 Å². The minimum absolute atomic E-state index is 0.266. The van der Waals surface area contributed by atoms with Crippen molar-refractivity contribution in [3.63, 3.8) is 0 Å². The summed E-state index contributed by atoms with van der Waals surface area (Å²) < 4.78 is 27.6. The first-order valence-electron chi connectivity index (χ1n) is 11.3. The van der Waals surface area contributed by atoms with Gasteiger partial charge in [0.05, 0.1) is 38.1 Å². The molecule has 0 bridgehead atoms. The Kier molecular flexibility index (Phi) is 8.44. The molecular formula is C21H32O14. The lowest BCUT2D eigenvalue weighted by molar-refractivity contribution is -0.340. The summed E-state index contributed by atoms with van der Waals surface area (Å²) in [6, 6.07) is 0. The average Bonchev–Trinajstić information content (AvgIpc) is 3.23. The van der Waals surface area contributed by atoms with Gasteiger partial charge in [0, 0.05) is 5.92 Å². The summed E-state index contributed by atoms with van der Waals surface area (Å²) in [6.07, 6.45) is -12.3. The number of hydrogen-bond donors (Lipinski definition) is 9. The highest BCUT2D eigenvalue weighted by atomic mass is 16.8. The molecule has 1 aliphatic carbocycles. The second kappa shape index (κ2) is 11.0. The summed E-state index contributed by atoms with van der Waals surface area (Å²) in [5, 5.41) is 88.9. The molecule has 0 aromatic rings. The summed E-state index contributed by atoms with van der Waals surface area (Å²) in [5.74, 6) is -1.06. The fraction of sp³-hybridized carbons (Fsp3) is 0.810. The molecule has 0 aromatic carbocycles. The molecule has 0 radical (unpaired) electrons. The molecule has 3 heterocycles. The van der Waals surface area contributed by atoms with E-state index in [1.54, 1.807) is 12.2 Å². The Balaban J connectivity index is 1.43. The fourth-order valence-corrected chi connectivity index (χ4v) is 4.79. The number of fused-ring (bicyclic) bond motifs is 1. The second-order valence-electron chi connectivity index (χ2n) is 9.00. The van der Waals surface area contributed by atoms with Crippen LogP contribution in [-0.4, -0.2) is 140 Å². The van der Waals surface area contributed by atoms with Crippen LogP contribution in [0.3, 0.4) is 0 Å². The van der Waals surface area contributed by atoms with Gasteiger partial charge in [0.2, 0.25) is 6.29 Å².